The van der Waals surface area contributed by atoms with Gasteiger partial charge in [-0.15, -0.1) is 0 Å². The molecule has 0 saturated heterocycles. The van der Waals surface area contributed by atoms with Gasteiger partial charge in [-0.05, 0) is 11.1 Å². The number of rotatable bonds is 4. The molecule has 0 unspecified atom stereocenters. The molecule has 0 amide bonds. The minimum absolute atomic E-state index is 0. The fourth-order valence-corrected chi connectivity index (χ4v) is 2.73. The third-order valence-electron chi connectivity index (χ3n) is 2.75. The summed E-state index contributed by atoms with van der Waals surface area (Å²) >= 11 is 5.63. The summed E-state index contributed by atoms with van der Waals surface area (Å²) in [5.41, 5.74) is 0.0716. The van der Waals surface area contributed by atoms with Crippen molar-refractivity contribution in [3.63, 3.8) is 0 Å². The Morgan fingerprint density at radius 1 is 1.22 bits per heavy atom. The maximum Gasteiger partial charge on any atom is 1.00 e. The monoisotopic (exact) mass is 374 g/mol. The first kappa shape index (κ1) is 23.5. The topological polar surface area (TPSA) is 124 Å². The Hall–Kier alpha value is 0.500. The van der Waals surface area contributed by atoms with Crippen molar-refractivity contribution in [3.05, 3.63) is 57.1 Å². The molecule has 2 aromatic rings. The first-order chi connectivity index (χ1) is 9.76. The van der Waals surface area contributed by atoms with E-state index in [4.69, 9.17) is 16.5 Å². The van der Waals surface area contributed by atoms with Crippen LogP contribution in [0, 0.1) is 0 Å². The molecule has 2 rings (SSSR count). The second kappa shape index (κ2) is 9.85. The number of halogens is 1. The van der Waals surface area contributed by atoms with Crippen LogP contribution in [0.1, 0.15) is 11.1 Å². The first-order valence-corrected chi connectivity index (χ1v) is 7.94. The Bertz CT molecular complexity index is 723. The fourth-order valence-electron chi connectivity index (χ4n) is 1.83. The van der Waals surface area contributed by atoms with Gasteiger partial charge in [0.15, 0.2) is 0 Å². The van der Waals surface area contributed by atoms with Gasteiger partial charge in [0, 0.05) is 12.1 Å². The van der Waals surface area contributed by atoms with Crippen LogP contribution in [0.3, 0.4) is 0 Å². The standard InChI is InChI=1S/C12H12ClN2O5P.2Na/c13-10-6-15(12(17)14-11(10)16)5-8-3-1-2-4-9(8)7-21(18,19)20;;/h1-4,6H,5,7H2,(H,14,16,17)(H2,18,19,20);;/q;2*+1/p-2. The molecule has 0 bridgehead atoms. The third-order valence-corrected chi connectivity index (χ3v) is 3.75. The summed E-state index contributed by atoms with van der Waals surface area (Å²) in [7, 11) is -4.48. The summed E-state index contributed by atoms with van der Waals surface area (Å²) in [6, 6.07) is 6.41. The fraction of sp³-hybridized carbons (Fsp3) is 0.167. The van der Waals surface area contributed by atoms with Crippen molar-refractivity contribution in [1.29, 1.82) is 0 Å². The van der Waals surface area contributed by atoms with Gasteiger partial charge in [0.25, 0.3) is 0 Å². The van der Waals surface area contributed by atoms with Gasteiger partial charge in [-0.2, -0.15) is 0 Å². The largest absolute Gasteiger partial charge is 1.00 e. The summed E-state index contributed by atoms with van der Waals surface area (Å²) in [5.74, 6) is -0.814. The average Bonchev–Trinajstić information content (AvgIpc) is 2.36. The second-order valence-corrected chi connectivity index (χ2v) is 6.37. The maximum absolute atomic E-state index is 11.6. The zero-order chi connectivity index (χ0) is 15.6. The van der Waals surface area contributed by atoms with Crippen molar-refractivity contribution in [1.82, 2.24) is 9.55 Å². The van der Waals surface area contributed by atoms with Crippen LogP contribution in [0.25, 0.3) is 0 Å². The summed E-state index contributed by atoms with van der Waals surface area (Å²) in [6.45, 7) is -0.0119. The van der Waals surface area contributed by atoms with E-state index in [0.29, 0.717) is 11.1 Å². The molecule has 112 valence electrons. The summed E-state index contributed by atoms with van der Waals surface area (Å²) in [5, 5.41) is 10.9. The van der Waals surface area contributed by atoms with E-state index < -0.39 is 25.7 Å². The Kier molecular flexibility index (Phi) is 10.1. The quantitative estimate of drug-likeness (QED) is 0.419. The van der Waals surface area contributed by atoms with Gasteiger partial charge >= 0.3 is 64.8 Å². The molecule has 0 aliphatic rings. The Balaban J connectivity index is 0.00000242. The van der Waals surface area contributed by atoms with Crippen LogP contribution < -0.4 is 79.7 Å². The molecule has 0 aliphatic heterocycles. The van der Waals surface area contributed by atoms with Gasteiger partial charge in [0.2, 0.25) is 0 Å². The van der Waals surface area contributed by atoms with Gasteiger partial charge in [0.1, 0.15) is 6.16 Å². The molecule has 11 heteroatoms. The maximum atomic E-state index is 11.6. The normalized spacial score (nSPS) is 10.6. The summed E-state index contributed by atoms with van der Waals surface area (Å²) in [6.07, 6.45) is 0.602. The molecule has 1 aromatic heterocycles. The smallest absolute Gasteiger partial charge is 0.857 e. The van der Waals surface area contributed by atoms with Crippen molar-refractivity contribution < 1.29 is 78.9 Å². The van der Waals surface area contributed by atoms with Gasteiger partial charge in [-0.25, -0.2) is 9.78 Å². The van der Waals surface area contributed by atoms with E-state index in [1.807, 2.05) is 0 Å². The predicted molar refractivity (Wildman–Crippen MR) is 71.3 cm³/mol. The zero-order valence-corrected chi connectivity index (χ0v) is 18.3. The summed E-state index contributed by atoms with van der Waals surface area (Å²) < 4.78 is 1.09. The zero-order valence-electron chi connectivity index (χ0n) is 12.6. The van der Waals surface area contributed by atoms with E-state index in [2.05, 4.69) is 4.98 Å². The average molecular weight is 375 g/mol. The number of hydrogen-bond acceptors (Lipinski definition) is 6. The van der Waals surface area contributed by atoms with Crippen LogP contribution in [0.5, 0.6) is 5.88 Å². The van der Waals surface area contributed by atoms with Crippen LogP contribution in [-0.2, 0) is 12.7 Å². The van der Waals surface area contributed by atoms with Crippen molar-refractivity contribution in [2.75, 3.05) is 0 Å². The van der Waals surface area contributed by atoms with Crippen molar-refractivity contribution in [2.45, 2.75) is 12.7 Å². The molecule has 1 heterocycles. The molecule has 7 nitrogen and oxygen atoms in total. The van der Waals surface area contributed by atoms with Crippen molar-refractivity contribution in [3.8, 4) is 5.88 Å². The third kappa shape index (κ3) is 7.10. The van der Waals surface area contributed by atoms with Crippen molar-refractivity contribution >= 4 is 19.5 Å². The second-order valence-electron chi connectivity index (χ2n) is 4.37. The van der Waals surface area contributed by atoms with Gasteiger partial charge < -0.3 is 14.9 Å². The van der Waals surface area contributed by atoms with E-state index in [1.165, 1.54) is 6.07 Å². The van der Waals surface area contributed by atoms with Crippen LogP contribution in [-0.4, -0.2) is 14.4 Å². The predicted octanol–water partition coefficient (Wildman–Crippen LogP) is -7.00. The molecular formula is C12H10ClN2Na2O5P. The first-order valence-electron chi connectivity index (χ1n) is 5.80. The van der Waals surface area contributed by atoms with Crippen LogP contribution in [0.2, 0.25) is 5.02 Å². The Morgan fingerprint density at radius 2 is 1.78 bits per heavy atom. The van der Waals surface area contributed by atoms with Crippen LogP contribution in [0.15, 0.2) is 35.3 Å². The van der Waals surface area contributed by atoms with Gasteiger partial charge in [-0.3, -0.25) is 9.46 Å². The molecule has 1 aromatic carbocycles. The molecule has 1 N–H and O–H groups in total. The SMILES string of the molecule is O=c1nc([O-])c(Cl)cn1Cc1ccccc1C[P+]([O-])([O-])O.[Na+].[Na+]. The van der Waals surface area contributed by atoms with Crippen molar-refractivity contribution in [2.24, 2.45) is 0 Å². The van der Waals surface area contributed by atoms with Gasteiger partial charge in [0.05, 0.1) is 19.5 Å². The van der Waals surface area contributed by atoms with E-state index in [-0.39, 0.29) is 70.7 Å². The summed E-state index contributed by atoms with van der Waals surface area (Å²) in [4.78, 5) is 45.8. The van der Waals surface area contributed by atoms with Gasteiger partial charge in [-0.1, -0.05) is 35.9 Å². The van der Waals surface area contributed by atoms with E-state index >= 15 is 0 Å². The molecule has 23 heavy (non-hydrogen) atoms. The Labute approximate surface area is 182 Å². The van der Waals surface area contributed by atoms with E-state index in [0.717, 1.165) is 10.8 Å². The molecule has 0 aliphatic carbocycles. The number of hydrogen-bond donors (Lipinski definition) is 1. The molecule has 0 atom stereocenters. The molecular weight excluding hydrogens is 365 g/mol. The molecule has 0 radical (unpaired) electrons. The Morgan fingerprint density at radius 3 is 2.35 bits per heavy atom. The minimum atomic E-state index is -4.48. The number of aromatic nitrogens is 2. The molecule has 0 saturated carbocycles. The number of nitrogens with zero attached hydrogens (tertiary/aromatic N) is 2. The van der Waals surface area contributed by atoms with E-state index in [9.17, 15) is 19.7 Å². The van der Waals surface area contributed by atoms with E-state index in [1.54, 1.807) is 18.2 Å². The minimum Gasteiger partial charge on any atom is -0.857 e. The number of benzene rings is 1. The molecule has 0 spiro atoms. The molecule has 0 fully saturated rings. The van der Waals surface area contributed by atoms with Crippen LogP contribution >= 0.6 is 19.5 Å². The van der Waals surface area contributed by atoms with Crippen LogP contribution in [0.4, 0.5) is 0 Å².